The number of carbonyl (C=O) groups excluding carboxylic acids is 1. The molecule has 0 saturated carbocycles. The summed E-state index contributed by atoms with van der Waals surface area (Å²) in [5, 5.41) is 23.5. The molecule has 0 radical (unpaired) electrons. The van der Waals surface area contributed by atoms with Gasteiger partial charge in [0, 0.05) is 7.05 Å². The molecule has 0 unspecified atom stereocenters. The van der Waals surface area contributed by atoms with Crippen molar-refractivity contribution in [1.82, 2.24) is 29.6 Å². The largest absolute Gasteiger partial charge is 0.478 e. The quantitative estimate of drug-likeness (QED) is 0.395. The molecule has 0 fully saturated rings. The third-order valence-electron chi connectivity index (χ3n) is 4.95. The Hall–Kier alpha value is -4.19. The first kappa shape index (κ1) is 22.0. The van der Waals surface area contributed by atoms with Crippen molar-refractivity contribution < 1.29 is 14.7 Å². The van der Waals surface area contributed by atoms with Crippen LogP contribution in [0.3, 0.4) is 0 Å². The minimum absolute atomic E-state index is 0.0350. The van der Waals surface area contributed by atoms with Gasteiger partial charge in [0.05, 0.1) is 28.4 Å². The summed E-state index contributed by atoms with van der Waals surface area (Å²) in [6.45, 7) is 1.75. The highest BCUT2D eigenvalue weighted by Crippen LogP contribution is 2.20. The van der Waals surface area contributed by atoms with E-state index in [4.69, 9.17) is 5.11 Å². The van der Waals surface area contributed by atoms with E-state index in [1.165, 1.54) is 21.5 Å². The summed E-state index contributed by atoms with van der Waals surface area (Å²) in [4.78, 5) is 36.6. The number of carboxylic acid groups (broad SMARTS) is 1. The lowest BCUT2D eigenvalue weighted by Crippen LogP contribution is -2.23. The van der Waals surface area contributed by atoms with Crippen molar-refractivity contribution in [3.05, 3.63) is 76.2 Å². The topological polar surface area (TPSA) is 137 Å². The second kappa shape index (κ2) is 9.12. The number of nitrogens with one attached hydrogen (secondary N) is 1. The lowest BCUT2D eigenvalue weighted by molar-refractivity contribution is -0.113. The van der Waals surface area contributed by atoms with E-state index in [9.17, 15) is 14.4 Å². The third-order valence-corrected chi connectivity index (χ3v) is 5.87. The zero-order valence-electron chi connectivity index (χ0n) is 17.7. The van der Waals surface area contributed by atoms with Gasteiger partial charge in [0.25, 0.3) is 5.56 Å². The maximum atomic E-state index is 12.9. The number of rotatable bonds is 7. The van der Waals surface area contributed by atoms with Crippen molar-refractivity contribution in [1.29, 1.82) is 0 Å². The summed E-state index contributed by atoms with van der Waals surface area (Å²) >= 11 is 1.09. The zero-order valence-corrected chi connectivity index (χ0v) is 18.5. The number of para-hydroxylation sites is 1. The first-order valence-electron chi connectivity index (χ1n) is 9.75. The fourth-order valence-corrected chi connectivity index (χ4v) is 3.88. The summed E-state index contributed by atoms with van der Waals surface area (Å²) < 4.78 is 4.57. The number of anilines is 1. The third kappa shape index (κ3) is 4.41. The van der Waals surface area contributed by atoms with Crippen LogP contribution in [0.2, 0.25) is 0 Å². The summed E-state index contributed by atoms with van der Waals surface area (Å²) in [7, 11) is 1.75. The number of hydrogen-bond donors (Lipinski definition) is 2. The molecule has 4 rings (SSSR count). The van der Waals surface area contributed by atoms with Crippen LogP contribution in [0.15, 0.2) is 64.5 Å². The number of carboxylic acids is 1. The molecule has 33 heavy (non-hydrogen) atoms. The molecule has 2 heterocycles. The van der Waals surface area contributed by atoms with Crippen LogP contribution in [-0.4, -0.2) is 52.3 Å². The fraction of sp³-hybridized carbons (Fsp3) is 0.143. The number of aromatic carboxylic acids is 1. The molecule has 0 saturated heterocycles. The monoisotopic (exact) mass is 465 g/mol. The van der Waals surface area contributed by atoms with Crippen molar-refractivity contribution in [2.24, 2.45) is 7.05 Å². The summed E-state index contributed by atoms with van der Waals surface area (Å²) in [5.41, 5.74) is 1.87. The number of carbonyl (C=O) groups is 2. The highest BCUT2D eigenvalue weighted by Gasteiger charge is 2.19. The van der Waals surface area contributed by atoms with Gasteiger partial charge in [-0.25, -0.2) is 9.48 Å². The van der Waals surface area contributed by atoms with E-state index in [2.05, 4.69) is 20.8 Å². The average Bonchev–Trinajstić information content (AvgIpc) is 3.37. The number of hydrogen-bond acceptors (Lipinski definition) is 7. The standard InChI is InChI=1S/C21H19N7O4S/c1-13-18(19(30)28(26(13)2)16-6-4-3-5-7-16)22-17(29)12-33-21-23-24-25-27(21)15-10-8-14(9-11-15)20(31)32/h3-11H,12H2,1-2H3,(H,22,29)(H,31,32). The highest BCUT2D eigenvalue weighted by molar-refractivity contribution is 7.99. The van der Waals surface area contributed by atoms with Crippen LogP contribution in [0.25, 0.3) is 11.4 Å². The number of thioether (sulfide) groups is 1. The molecule has 0 atom stereocenters. The summed E-state index contributed by atoms with van der Waals surface area (Å²) in [5.74, 6) is -1.46. The Morgan fingerprint density at radius 2 is 1.76 bits per heavy atom. The second-order valence-corrected chi connectivity index (χ2v) is 7.94. The van der Waals surface area contributed by atoms with E-state index in [0.29, 0.717) is 22.2 Å². The van der Waals surface area contributed by atoms with Gasteiger partial charge in [-0.2, -0.15) is 4.68 Å². The molecule has 0 aliphatic carbocycles. The summed E-state index contributed by atoms with van der Waals surface area (Å²) in [6, 6.07) is 15.2. The maximum absolute atomic E-state index is 12.9. The Morgan fingerprint density at radius 1 is 1.06 bits per heavy atom. The van der Waals surface area contributed by atoms with Crippen LogP contribution in [0.5, 0.6) is 0 Å². The van der Waals surface area contributed by atoms with Crippen LogP contribution in [0.4, 0.5) is 5.69 Å². The molecule has 4 aromatic rings. The number of benzene rings is 2. The van der Waals surface area contributed by atoms with Crippen LogP contribution in [0, 0.1) is 6.92 Å². The Kier molecular flexibility index (Phi) is 6.09. The SMILES string of the molecule is Cc1c(NC(=O)CSc2nnnn2-c2ccc(C(=O)O)cc2)c(=O)n(-c2ccccc2)n1C. The van der Waals surface area contributed by atoms with Gasteiger partial charge in [-0.15, -0.1) is 5.10 Å². The van der Waals surface area contributed by atoms with Crippen LogP contribution in [0.1, 0.15) is 16.1 Å². The van der Waals surface area contributed by atoms with Gasteiger partial charge in [0.2, 0.25) is 11.1 Å². The smallest absolute Gasteiger partial charge is 0.335 e. The lowest BCUT2D eigenvalue weighted by atomic mass is 10.2. The molecule has 0 aliphatic rings. The lowest BCUT2D eigenvalue weighted by Gasteiger charge is -2.07. The minimum Gasteiger partial charge on any atom is -0.478 e. The first-order chi connectivity index (χ1) is 15.9. The van der Waals surface area contributed by atoms with Gasteiger partial charge >= 0.3 is 5.97 Å². The molecule has 0 spiro atoms. The molecule has 0 aliphatic heterocycles. The molecule has 2 aromatic carbocycles. The highest BCUT2D eigenvalue weighted by atomic mass is 32.2. The van der Waals surface area contributed by atoms with Gasteiger partial charge in [-0.05, 0) is 53.7 Å². The predicted molar refractivity (Wildman–Crippen MR) is 121 cm³/mol. The predicted octanol–water partition coefficient (Wildman–Crippen LogP) is 1.89. The Bertz CT molecular complexity index is 1370. The second-order valence-electron chi connectivity index (χ2n) is 7.00. The fourth-order valence-electron chi connectivity index (χ4n) is 3.19. The number of amides is 1. The van der Waals surface area contributed by atoms with Gasteiger partial charge < -0.3 is 10.4 Å². The van der Waals surface area contributed by atoms with E-state index in [-0.39, 0.29) is 28.5 Å². The minimum atomic E-state index is -1.04. The van der Waals surface area contributed by atoms with E-state index < -0.39 is 5.97 Å². The molecule has 2 aromatic heterocycles. The van der Waals surface area contributed by atoms with Gasteiger partial charge in [0.15, 0.2) is 0 Å². The van der Waals surface area contributed by atoms with Crippen LogP contribution in [-0.2, 0) is 11.8 Å². The number of tetrazole rings is 1. The normalized spacial score (nSPS) is 10.8. The Balaban J connectivity index is 1.48. The molecule has 168 valence electrons. The number of aromatic nitrogens is 6. The van der Waals surface area contributed by atoms with E-state index in [1.54, 1.807) is 30.8 Å². The van der Waals surface area contributed by atoms with Crippen molar-refractivity contribution in [2.75, 3.05) is 11.1 Å². The molecule has 1 amide bonds. The molecular weight excluding hydrogens is 446 g/mol. The van der Waals surface area contributed by atoms with Crippen LogP contribution < -0.4 is 10.9 Å². The van der Waals surface area contributed by atoms with Gasteiger partial charge in [0.1, 0.15) is 5.69 Å². The van der Waals surface area contributed by atoms with E-state index in [0.717, 1.165) is 11.8 Å². The Labute approximate surface area is 191 Å². The number of nitrogens with zero attached hydrogens (tertiary/aromatic N) is 6. The summed E-state index contributed by atoms with van der Waals surface area (Å²) in [6.07, 6.45) is 0. The molecular formula is C21H19N7O4S. The van der Waals surface area contributed by atoms with Gasteiger partial charge in [-0.3, -0.25) is 14.3 Å². The van der Waals surface area contributed by atoms with Crippen molar-refractivity contribution in [2.45, 2.75) is 12.1 Å². The zero-order chi connectivity index (χ0) is 23.5. The average molecular weight is 465 g/mol. The molecule has 2 N–H and O–H groups in total. The van der Waals surface area contributed by atoms with Crippen LogP contribution >= 0.6 is 11.8 Å². The molecule has 12 heteroatoms. The molecule has 11 nitrogen and oxygen atoms in total. The van der Waals surface area contributed by atoms with E-state index >= 15 is 0 Å². The Morgan fingerprint density at radius 3 is 2.42 bits per heavy atom. The van der Waals surface area contributed by atoms with Crippen molar-refractivity contribution in [3.63, 3.8) is 0 Å². The van der Waals surface area contributed by atoms with Crippen molar-refractivity contribution >= 4 is 29.3 Å². The van der Waals surface area contributed by atoms with E-state index in [1.807, 2.05) is 30.3 Å². The van der Waals surface area contributed by atoms with Crippen molar-refractivity contribution in [3.8, 4) is 11.4 Å². The maximum Gasteiger partial charge on any atom is 0.335 e. The first-order valence-corrected chi connectivity index (χ1v) is 10.7. The molecule has 0 bridgehead atoms. The van der Waals surface area contributed by atoms with Gasteiger partial charge in [-0.1, -0.05) is 30.0 Å².